The molecule has 1 aromatic heterocycles. The SMILES string of the molecule is O=C(NNC(=O)c1cc2cc(F)ccc2[nH]1)c1ccc(Cl)cc1. The Morgan fingerprint density at radius 3 is 2.39 bits per heavy atom. The molecule has 3 rings (SSSR count). The van der Waals surface area contributed by atoms with Gasteiger partial charge in [0.25, 0.3) is 11.8 Å². The van der Waals surface area contributed by atoms with E-state index in [4.69, 9.17) is 11.6 Å². The summed E-state index contributed by atoms with van der Waals surface area (Å²) < 4.78 is 13.1. The van der Waals surface area contributed by atoms with E-state index in [-0.39, 0.29) is 11.5 Å². The zero-order valence-corrected chi connectivity index (χ0v) is 12.4. The number of rotatable bonds is 2. The minimum absolute atomic E-state index is 0.210. The number of hydrazine groups is 1. The maximum absolute atomic E-state index is 13.1. The number of aromatic amines is 1. The molecule has 0 fully saturated rings. The number of carbonyl (C=O) groups excluding carboxylic acids is 2. The number of halogens is 2. The fraction of sp³-hybridized carbons (Fsp3) is 0. The van der Waals surface area contributed by atoms with Crippen molar-refractivity contribution in [2.24, 2.45) is 0 Å². The number of H-pyrrole nitrogens is 1. The number of nitrogens with one attached hydrogen (secondary N) is 3. The number of benzene rings is 2. The van der Waals surface area contributed by atoms with Crippen LogP contribution in [0, 0.1) is 5.82 Å². The van der Waals surface area contributed by atoms with Crippen LogP contribution in [0.3, 0.4) is 0 Å². The second-order valence-electron chi connectivity index (χ2n) is 4.83. The highest BCUT2D eigenvalue weighted by atomic mass is 35.5. The fourth-order valence-corrected chi connectivity index (χ4v) is 2.21. The van der Waals surface area contributed by atoms with E-state index in [2.05, 4.69) is 15.8 Å². The molecule has 0 bridgehead atoms. The lowest BCUT2D eigenvalue weighted by molar-refractivity contribution is 0.0844. The lowest BCUT2D eigenvalue weighted by Crippen LogP contribution is -2.41. The normalized spacial score (nSPS) is 10.5. The molecule has 0 atom stereocenters. The Bertz CT molecular complexity index is 890. The Kier molecular flexibility index (Phi) is 3.99. The quantitative estimate of drug-likeness (QED) is 0.631. The molecule has 0 spiro atoms. The molecule has 0 unspecified atom stereocenters. The van der Waals surface area contributed by atoms with E-state index in [0.717, 1.165) is 0 Å². The van der Waals surface area contributed by atoms with Crippen LogP contribution < -0.4 is 10.9 Å². The van der Waals surface area contributed by atoms with Crippen LogP contribution in [-0.2, 0) is 0 Å². The van der Waals surface area contributed by atoms with Gasteiger partial charge in [0.15, 0.2) is 0 Å². The molecule has 3 aromatic rings. The predicted molar refractivity (Wildman–Crippen MR) is 84.6 cm³/mol. The van der Waals surface area contributed by atoms with Gasteiger partial charge in [-0.1, -0.05) is 11.6 Å². The topological polar surface area (TPSA) is 74.0 Å². The molecule has 0 radical (unpaired) electrons. The van der Waals surface area contributed by atoms with Gasteiger partial charge in [0.05, 0.1) is 0 Å². The van der Waals surface area contributed by atoms with E-state index < -0.39 is 11.8 Å². The number of amides is 2. The van der Waals surface area contributed by atoms with Crippen molar-refractivity contribution in [3.63, 3.8) is 0 Å². The molecule has 2 amide bonds. The maximum atomic E-state index is 13.1. The third-order valence-corrected chi connectivity index (χ3v) is 3.48. The van der Waals surface area contributed by atoms with Crippen molar-refractivity contribution < 1.29 is 14.0 Å². The minimum atomic E-state index is -0.538. The molecule has 0 saturated carbocycles. The van der Waals surface area contributed by atoms with Crippen LogP contribution >= 0.6 is 11.6 Å². The van der Waals surface area contributed by atoms with Crippen molar-refractivity contribution in [2.75, 3.05) is 0 Å². The second-order valence-corrected chi connectivity index (χ2v) is 5.27. The first kappa shape index (κ1) is 15.1. The summed E-state index contributed by atoms with van der Waals surface area (Å²) in [6.07, 6.45) is 0. The van der Waals surface area contributed by atoms with Crippen molar-refractivity contribution >= 4 is 34.3 Å². The Balaban J connectivity index is 1.68. The summed E-state index contributed by atoms with van der Waals surface area (Å²) in [7, 11) is 0. The van der Waals surface area contributed by atoms with Crippen molar-refractivity contribution in [1.29, 1.82) is 0 Å². The van der Waals surface area contributed by atoms with Gasteiger partial charge >= 0.3 is 0 Å². The molecule has 1 heterocycles. The molecular formula is C16H11ClFN3O2. The van der Waals surface area contributed by atoms with Crippen LogP contribution in [0.2, 0.25) is 5.02 Å². The highest BCUT2D eigenvalue weighted by molar-refractivity contribution is 6.30. The molecule has 0 saturated heterocycles. The first-order valence-electron chi connectivity index (χ1n) is 6.67. The summed E-state index contributed by atoms with van der Waals surface area (Å²) >= 11 is 5.74. The zero-order chi connectivity index (χ0) is 16.4. The number of fused-ring (bicyclic) bond motifs is 1. The van der Waals surface area contributed by atoms with E-state index in [1.54, 1.807) is 12.1 Å². The maximum Gasteiger partial charge on any atom is 0.286 e. The van der Waals surface area contributed by atoms with Gasteiger partial charge in [-0.15, -0.1) is 0 Å². The van der Waals surface area contributed by atoms with Gasteiger partial charge < -0.3 is 4.98 Å². The summed E-state index contributed by atoms with van der Waals surface area (Å²) in [5.41, 5.74) is 5.78. The molecule has 0 aliphatic heterocycles. The molecule has 7 heteroatoms. The first-order valence-corrected chi connectivity index (χ1v) is 7.05. The largest absolute Gasteiger partial charge is 0.350 e. The summed E-state index contributed by atoms with van der Waals surface area (Å²) in [5.74, 6) is -1.40. The van der Waals surface area contributed by atoms with E-state index in [1.165, 1.54) is 36.4 Å². The zero-order valence-electron chi connectivity index (χ0n) is 11.7. The molecule has 116 valence electrons. The van der Waals surface area contributed by atoms with Gasteiger partial charge in [0.1, 0.15) is 11.5 Å². The highest BCUT2D eigenvalue weighted by Crippen LogP contribution is 2.16. The van der Waals surface area contributed by atoms with E-state index >= 15 is 0 Å². The van der Waals surface area contributed by atoms with Gasteiger partial charge in [-0.3, -0.25) is 20.4 Å². The van der Waals surface area contributed by atoms with Gasteiger partial charge in [0.2, 0.25) is 0 Å². The second kappa shape index (κ2) is 6.10. The Hall–Kier alpha value is -2.86. The van der Waals surface area contributed by atoms with Gasteiger partial charge in [-0.25, -0.2) is 4.39 Å². The number of hydrogen-bond donors (Lipinski definition) is 3. The lowest BCUT2D eigenvalue weighted by Gasteiger charge is -2.06. The average Bonchev–Trinajstić information content (AvgIpc) is 2.96. The lowest BCUT2D eigenvalue weighted by atomic mass is 10.2. The molecule has 5 nitrogen and oxygen atoms in total. The van der Waals surface area contributed by atoms with Crippen molar-refractivity contribution in [1.82, 2.24) is 15.8 Å². The third-order valence-electron chi connectivity index (χ3n) is 3.22. The van der Waals surface area contributed by atoms with Crippen molar-refractivity contribution in [2.45, 2.75) is 0 Å². The van der Waals surface area contributed by atoms with Gasteiger partial charge in [0, 0.05) is 21.5 Å². The van der Waals surface area contributed by atoms with Crippen LogP contribution in [0.25, 0.3) is 10.9 Å². The van der Waals surface area contributed by atoms with Gasteiger partial charge in [-0.2, -0.15) is 0 Å². The summed E-state index contributed by atoms with van der Waals surface area (Å²) in [5, 5.41) is 1.08. The van der Waals surface area contributed by atoms with Crippen molar-refractivity contribution in [3.8, 4) is 0 Å². The number of aromatic nitrogens is 1. The van der Waals surface area contributed by atoms with Crippen LogP contribution in [0.15, 0.2) is 48.5 Å². The Labute approximate surface area is 135 Å². The van der Waals surface area contributed by atoms with Crippen LogP contribution in [0.5, 0.6) is 0 Å². The first-order chi connectivity index (χ1) is 11.0. The van der Waals surface area contributed by atoms with Crippen LogP contribution in [-0.4, -0.2) is 16.8 Å². The summed E-state index contributed by atoms with van der Waals surface area (Å²) in [6, 6.07) is 11.9. The average molecular weight is 332 g/mol. The smallest absolute Gasteiger partial charge is 0.286 e. The number of carbonyl (C=O) groups is 2. The molecule has 0 aliphatic rings. The third kappa shape index (κ3) is 3.32. The predicted octanol–water partition coefficient (Wildman–Crippen LogP) is 3.04. The standard InChI is InChI=1S/C16H11ClFN3O2/c17-11-3-1-9(2-4-11)15(22)20-21-16(23)14-8-10-7-12(18)5-6-13(10)19-14/h1-8,19H,(H,20,22)(H,21,23). The van der Waals surface area contributed by atoms with E-state index in [1.807, 2.05) is 0 Å². The summed E-state index contributed by atoms with van der Waals surface area (Å²) in [6.45, 7) is 0. The minimum Gasteiger partial charge on any atom is -0.350 e. The summed E-state index contributed by atoms with van der Waals surface area (Å²) in [4.78, 5) is 26.7. The van der Waals surface area contributed by atoms with Gasteiger partial charge in [-0.05, 0) is 48.5 Å². The monoisotopic (exact) mass is 331 g/mol. The van der Waals surface area contributed by atoms with Crippen LogP contribution in [0.1, 0.15) is 20.8 Å². The highest BCUT2D eigenvalue weighted by Gasteiger charge is 2.12. The Morgan fingerprint density at radius 2 is 1.65 bits per heavy atom. The van der Waals surface area contributed by atoms with E-state index in [9.17, 15) is 14.0 Å². The van der Waals surface area contributed by atoms with Crippen molar-refractivity contribution in [3.05, 3.63) is 70.6 Å². The Morgan fingerprint density at radius 1 is 0.957 bits per heavy atom. The number of hydrogen-bond acceptors (Lipinski definition) is 2. The molecule has 3 N–H and O–H groups in total. The molecule has 23 heavy (non-hydrogen) atoms. The molecular weight excluding hydrogens is 321 g/mol. The molecule has 2 aromatic carbocycles. The fourth-order valence-electron chi connectivity index (χ4n) is 2.08. The van der Waals surface area contributed by atoms with Crippen LogP contribution in [0.4, 0.5) is 4.39 Å². The molecule has 0 aliphatic carbocycles. The van der Waals surface area contributed by atoms with E-state index in [0.29, 0.717) is 21.5 Å².